The van der Waals surface area contributed by atoms with Gasteiger partial charge in [0.1, 0.15) is 0 Å². The van der Waals surface area contributed by atoms with E-state index in [0.717, 1.165) is 16.8 Å². The van der Waals surface area contributed by atoms with Crippen LogP contribution in [0.25, 0.3) is 6.08 Å². The molecular weight excluding hydrogens is 324 g/mol. The van der Waals surface area contributed by atoms with Crippen LogP contribution in [0.15, 0.2) is 60.7 Å². The SMILES string of the molecule is Cc1cccc(NC(=O)C2CCN(C(=O)/C=C/c3ccccc3)CC2)c1. The third-order valence-corrected chi connectivity index (χ3v) is 4.68. The molecule has 2 aromatic rings. The third-order valence-electron chi connectivity index (χ3n) is 4.68. The molecule has 1 saturated heterocycles. The molecule has 0 spiro atoms. The summed E-state index contributed by atoms with van der Waals surface area (Å²) < 4.78 is 0. The molecule has 0 radical (unpaired) electrons. The maximum atomic E-state index is 12.4. The van der Waals surface area contributed by atoms with E-state index in [4.69, 9.17) is 0 Å². The van der Waals surface area contributed by atoms with Gasteiger partial charge in [0.2, 0.25) is 11.8 Å². The van der Waals surface area contributed by atoms with Gasteiger partial charge in [0.15, 0.2) is 0 Å². The van der Waals surface area contributed by atoms with E-state index in [-0.39, 0.29) is 17.7 Å². The summed E-state index contributed by atoms with van der Waals surface area (Å²) in [5, 5.41) is 2.99. The zero-order valence-electron chi connectivity index (χ0n) is 15.0. The van der Waals surface area contributed by atoms with Crippen LogP contribution in [-0.4, -0.2) is 29.8 Å². The average molecular weight is 348 g/mol. The lowest BCUT2D eigenvalue weighted by Crippen LogP contribution is -2.40. The monoisotopic (exact) mass is 348 g/mol. The summed E-state index contributed by atoms with van der Waals surface area (Å²) in [4.78, 5) is 26.6. The average Bonchev–Trinajstić information content (AvgIpc) is 2.67. The predicted octanol–water partition coefficient (Wildman–Crippen LogP) is 3.89. The second-order valence-electron chi connectivity index (χ2n) is 6.70. The second-order valence-corrected chi connectivity index (χ2v) is 6.70. The van der Waals surface area contributed by atoms with Crippen LogP contribution in [-0.2, 0) is 9.59 Å². The van der Waals surface area contributed by atoms with E-state index in [0.29, 0.717) is 25.9 Å². The highest BCUT2D eigenvalue weighted by Gasteiger charge is 2.26. The molecule has 0 unspecified atom stereocenters. The number of nitrogens with one attached hydrogen (secondary N) is 1. The van der Waals surface area contributed by atoms with Gasteiger partial charge in [-0.1, -0.05) is 42.5 Å². The highest BCUT2D eigenvalue weighted by molar-refractivity contribution is 5.94. The van der Waals surface area contributed by atoms with Crippen LogP contribution < -0.4 is 5.32 Å². The lowest BCUT2D eigenvalue weighted by atomic mass is 9.95. The number of nitrogens with zero attached hydrogens (tertiary/aromatic N) is 1. The molecular formula is C22H24N2O2. The first kappa shape index (κ1) is 17.9. The Morgan fingerprint density at radius 1 is 1.04 bits per heavy atom. The van der Waals surface area contributed by atoms with Gasteiger partial charge >= 0.3 is 0 Å². The topological polar surface area (TPSA) is 49.4 Å². The van der Waals surface area contributed by atoms with E-state index in [1.54, 1.807) is 6.08 Å². The molecule has 4 nitrogen and oxygen atoms in total. The largest absolute Gasteiger partial charge is 0.339 e. The molecule has 1 N–H and O–H groups in total. The Morgan fingerprint density at radius 3 is 2.46 bits per heavy atom. The minimum absolute atomic E-state index is 0.00592. The Labute approximate surface area is 154 Å². The zero-order valence-corrected chi connectivity index (χ0v) is 15.0. The maximum absolute atomic E-state index is 12.4. The number of likely N-dealkylation sites (tertiary alicyclic amines) is 1. The quantitative estimate of drug-likeness (QED) is 0.852. The fourth-order valence-corrected chi connectivity index (χ4v) is 3.17. The number of amides is 2. The molecule has 2 amide bonds. The van der Waals surface area contributed by atoms with E-state index in [9.17, 15) is 9.59 Å². The van der Waals surface area contributed by atoms with Crippen LogP contribution in [0.1, 0.15) is 24.0 Å². The van der Waals surface area contributed by atoms with Crippen molar-refractivity contribution in [3.63, 3.8) is 0 Å². The standard InChI is InChI=1S/C22H24N2O2/c1-17-6-5-9-20(16-17)23-22(26)19-12-14-24(15-13-19)21(25)11-10-18-7-3-2-4-8-18/h2-11,16,19H,12-15H2,1H3,(H,23,26)/b11-10+. The van der Waals surface area contributed by atoms with Gasteiger partial charge in [-0.05, 0) is 49.1 Å². The summed E-state index contributed by atoms with van der Waals surface area (Å²) in [6, 6.07) is 17.6. The minimum Gasteiger partial charge on any atom is -0.339 e. The molecule has 26 heavy (non-hydrogen) atoms. The van der Waals surface area contributed by atoms with Crippen LogP contribution in [0, 0.1) is 12.8 Å². The summed E-state index contributed by atoms with van der Waals surface area (Å²) >= 11 is 0. The molecule has 3 rings (SSSR count). The molecule has 0 aliphatic carbocycles. The van der Waals surface area contributed by atoms with Gasteiger partial charge in [0.05, 0.1) is 0 Å². The number of carbonyl (C=O) groups is 2. The number of hydrogen-bond acceptors (Lipinski definition) is 2. The molecule has 0 saturated carbocycles. The number of hydrogen-bond donors (Lipinski definition) is 1. The molecule has 1 aliphatic heterocycles. The van der Waals surface area contributed by atoms with Crippen molar-refractivity contribution in [1.29, 1.82) is 0 Å². The first-order chi connectivity index (χ1) is 12.6. The Balaban J connectivity index is 1.49. The first-order valence-corrected chi connectivity index (χ1v) is 9.01. The second kappa shape index (κ2) is 8.48. The number of piperidine rings is 1. The smallest absolute Gasteiger partial charge is 0.246 e. The van der Waals surface area contributed by atoms with Crippen molar-refractivity contribution in [1.82, 2.24) is 4.90 Å². The van der Waals surface area contributed by atoms with Gasteiger partial charge in [0, 0.05) is 30.8 Å². The fourth-order valence-electron chi connectivity index (χ4n) is 3.17. The molecule has 1 fully saturated rings. The van der Waals surface area contributed by atoms with Crippen LogP contribution in [0.5, 0.6) is 0 Å². The number of carbonyl (C=O) groups excluding carboxylic acids is 2. The first-order valence-electron chi connectivity index (χ1n) is 9.01. The summed E-state index contributed by atoms with van der Waals surface area (Å²) in [6.07, 6.45) is 4.84. The molecule has 0 bridgehead atoms. The fraction of sp³-hybridized carbons (Fsp3) is 0.273. The summed E-state index contributed by atoms with van der Waals surface area (Å²) in [5.74, 6) is 0.00610. The highest BCUT2D eigenvalue weighted by Crippen LogP contribution is 2.20. The number of benzene rings is 2. The summed E-state index contributed by atoms with van der Waals surface area (Å²) in [5.41, 5.74) is 2.96. The molecule has 1 aliphatic rings. The molecule has 0 aromatic heterocycles. The van der Waals surface area contributed by atoms with E-state index >= 15 is 0 Å². The van der Waals surface area contributed by atoms with Crippen molar-refractivity contribution in [3.8, 4) is 0 Å². The number of aryl methyl sites for hydroxylation is 1. The van der Waals surface area contributed by atoms with Crippen LogP contribution >= 0.6 is 0 Å². The molecule has 1 heterocycles. The Bertz CT molecular complexity index is 791. The molecule has 4 heteroatoms. The zero-order chi connectivity index (χ0) is 18.4. The van der Waals surface area contributed by atoms with Crippen molar-refractivity contribution >= 4 is 23.6 Å². The summed E-state index contributed by atoms with van der Waals surface area (Å²) in [7, 11) is 0. The van der Waals surface area contributed by atoms with Gasteiger partial charge < -0.3 is 10.2 Å². The maximum Gasteiger partial charge on any atom is 0.246 e. The third kappa shape index (κ3) is 4.82. The Kier molecular flexibility index (Phi) is 5.84. The van der Waals surface area contributed by atoms with Crippen molar-refractivity contribution in [3.05, 3.63) is 71.8 Å². The minimum atomic E-state index is -0.0438. The van der Waals surface area contributed by atoms with Crippen LogP contribution in [0.2, 0.25) is 0 Å². The van der Waals surface area contributed by atoms with E-state index < -0.39 is 0 Å². The molecule has 134 valence electrons. The highest BCUT2D eigenvalue weighted by atomic mass is 16.2. The van der Waals surface area contributed by atoms with Crippen molar-refractivity contribution < 1.29 is 9.59 Å². The van der Waals surface area contributed by atoms with Crippen molar-refractivity contribution in [2.24, 2.45) is 5.92 Å². The van der Waals surface area contributed by atoms with Crippen molar-refractivity contribution in [2.75, 3.05) is 18.4 Å². The molecule has 2 aromatic carbocycles. The van der Waals surface area contributed by atoms with E-state index in [1.165, 1.54) is 0 Å². The normalized spacial score (nSPS) is 15.2. The van der Waals surface area contributed by atoms with Gasteiger partial charge in [-0.25, -0.2) is 0 Å². The predicted molar refractivity (Wildman–Crippen MR) is 105 cm³/mol. The molecule has 0 atom stereocenters. The van der Waals surface area contributed by atoms with E-state index in [1.807, 2.05) is 72.5 Å². The van der Waals surface area contributed by atoms with Crippen LogP contribution in [0.4, 0.5) is 5.69 Å². The number of anilines is 1. The van der Waals surface area contributed by atoms with E-state index in [2.05, 4.69) is 5.32 Å². The van der Waals surface area contributed by atoms with Gasteiger partial charge in [-0.15, -0.1) is 0 Å². The Hall–Kier alpha value is -2.88. The lowest BCUT2D eigenvalue weighted by molar-refractivity contribution is -0.130. The summed E-state index contributed by atoms with van der Waals surface area (Å²) in [6.45, 7) is 3.23. The van der Waals surface area contributed by atoms with Gasteiger partial charge in [0.25, 0.3) is 0 Å². The number of rotatable bonds is 4. The van der Waals surface area contributed by atoms with Crippen molar-refractivity contribution in [2.45, 2.75) is 19.8 Å². The van der Waals surface area contributed by atoms with Gasteiger partial charge in [-0.3, -0.25) is 9.59 Å². The van der Waals surface area contributed by atoms with Crippen LogP contribution in [0.3, 0.4) is 0 Å². The van der Waals surface area contributed by atoms with Gasteiger partial charge in [-0.2, -0.15) is 0 Å². The Morgan fingerprint density at radius 2 is 1.77 bits per heavy atom. The lowest BCUT2D eigenvalue weighted by Gasteiger charge is -2.30.